The van der Waals surface area contributed by atoms with Gasteiger partial charge in [-0.05, 0) is 25.5 Å². The number of aromatic nitrogens is 4. The van der Waals surface area contributed by atoms with Crippen molar-refractivity contribution in [2.45, 2.75) is 32.0 Å². The van der Waals surface area contributed by atoms with Gasteiger partial charge in [0.25, 0.3) is 0 Å². The second-order valence-electron chi connectivity index (χ2n) is 5.36. The first-order chi connectivity index (χ1) is 10.6. The highest BCUT2D eigenvalue weighted by molar-refractivity contribution is 5.90. The van der Waals surface area contributed by atoms with Gasteiger partial charge in [0, 0.05) is 30.8 Å². The topological polar surface area (TPSA) is 95.6 Å². The molecule has 0 unspecified atom stereocenters. The summed E-state index contributed by atoms with van der Waals surface area (Å²) in [5.41, 5.74) is 0.762. The fourth-order valence-electron chi connectivity index (χ4n) is 2.45. The number of hydrogen-bond acceptors (Lipinski definition) is 5. The Hall–Kier alpha value is -2.35. The van der Waals surface area contributed by atoms with Crippen LogP contribution in [0.2, 0.25) is 0 Å². The molecule has 0 radical (unpaired) electrons. The van der Waals surface area contributed by atoms with E-state index in [0.29, 0.717) is 30.4 Å². The molecule has 0 aromatic carbocycles. The quantitative estimate of drug-likeness (QED) is 0.789. The molecule has 1 amide bonds. The van der Waals surface area contributed by atoms with Crippen LogP contribution in [0.1, 0.15) is 18.7 Å². The van der Waals surface area contributed by atoms with Crippen molar-refractivity contribution in [3.8, 4) is 11.4 Å². The summed E-state index contributed by atoms with van der Waals surface area (Å²) >= 11 is 0. The van der Waals surface area contributed by atoms with Crippen LogP contribution in [0.4, 0.5) is 10.2 Å². The summed E-state index contributed by atoms with van der Waals surface area (Å²) in [6.07, 6.45) is 1.32. The summed E-state index contributed by atoms with van der Waals surface area (Å²) in [4.78, 5) is 20.3. The molecule has 2 aromatic rings. The van der Waals surface area contributed by atoms with E-state index >= 15 is 0 Å². The Labute approximate surface area is 126 Å². The third-order valence-corrected chi connectivity index (χ3v) is 3.48. The Morgan fingerprint density at radius 3 is 3.09 bits per heavy atom. The van der Waals surface area contributed by atoms with Crippen LogP contribution in [0.15, 0.2) is 18.3 Å². The molecule has 1 saturated heterocycles. The van der Waals surface area contributed by atoms with Crippen molar-refractivity contribution in [3.05, 3.63) is 24.2 Å². The maximum Gasteiger partial charge on any atom is 0.227 e. The Morgan fingerprint density at radius 1 is 1.55 bits per heavy atom. The van der Waals surface area contributed by atoms with E-state index < -0.39 is 6.17 Å². The minimum atomic E-state index is -0.867. The van der Waals surface area contributed by atoms with Crippen LogP contribution in [0.3, 0.4) is 0 Å². The normalized spacial score (nSPS) is 21.0. The van der Waals surface area contributed by atoms with Gasteiger partial charge in [0.2, 0.25) is 5.91 Å². The summed E-state index contributed by atoms with van der Waals surface area (Å²) < 4.78 is 13.1. The summed E-state index contributed by atoms with van der Waals surface area (Å²) in [6, 6.07) is 3.36. The highest BCUT2D eigenvalue weighted by Gasteiger charge is 2.25. The first-order valence-electron chi connectivity index (χ1n) is 7.13. The van der Waals surface area contributed by atoms with Crippen LogP contribution in [-0.2, 0) is 4.79 Å². The highest BCUT2D eigenvalue weighted by atomic mass is 19.1. The second kappa shape index (κ2) is 6.18. The second-order valence-corrected chi connectivity index (χ2v) is 5.36. The van der Waals surface area contributed by atoms with E-state index in [-0.39, 0.29) is 18.4 Å². The molecule has 2 aromatic heterocycles. The molecule has 3 rings (SSSR count). The molecule has 0 aliphatic carbocycles. The zero-order valence-corrected chi connectivity index (χ0v) is 12.1. The lowest BCUT2D eigenvalue weighted by Gasteiger charge is -2.10. The Morgan fingerprint density at radius 2 is 2.41 bits per heavy atom. The van der Waals surface area contributed by atoms with Crippen LogP contribution < -0.4 is 10.6 Å². The number of carbonyl (C=O) groups is 1. The average Bonchev–Trinajstić information content (AvgIpc) is 3.08. The van der Waals surface area contributed by atoms with Gasteiger partial charge in [-0.25, -0.2) is 14.4 Å². The van der Waals surface area contributed by atoms with Crippen molar-refractivity contribution in [1.82, 2.24) is 25.5 Å². The number of nitrogens with one attached hydrogen (secondary N) is 3. The van der Waals surface area contributed by atoms with Crippen LogP contribution in [0, 0.1) is 6.92 Å². The summed E-state index contributed by atoms with van der Waals surface area (Å²) in [5.74, 6) is 1.50. The Kier molecular flexibility index (Phi) is 4.10. The molecule has 7 nitrogen and oxygen atoms in total. The maximum absolute atomic E-state index is 13.1. The molecule has 22 heavy (non-hydrogen) atoms. The van der Waals surface area contributed by atoms with Gasteiger partial charge < -0.3 is 10.6 Å². The molecule has 0 saturated carbocycles. The number of alkyl halides is 1. The third-order valence-electron chi connectivity index (χ3n) is 3.48. The number of amides is 1. The number of nitrogens with zero attached hydrogens (tertiary/aromatic N) is 3. The summed E-state index contributed by atoms with van der Waals surface area (Å²) in [7, 11) is 0. The Balaban J connectivity index is 1.64. The first-order valence-corrected chi connectivity index (χ1v) is 7.13. The maximum atomic E-state index is 13.1. The summed E-state index contributed by atoms with van der Waals surface area (Å²) in [5, 5.41) is 12.5. The number of carbonyl (C=O) groups excluding carboxylic acids is 1. The van der Waals surface area contributed by atoms with Crippen molar-refractivity contribution < 1.29 is 9.18 Å². The monoisotopic (exact) mass is 304 g/mol. The van der Waals surface area contributed by atoms with Gasteiger partial charge in [-0.15, -0.1) is 0 Å². The SMILES string of the molecule is Cc1nc(-c2ccnc(NC(=O)C[C@@H]3C[C@H](F)CN3)c2)n[nH]1. The highest BCUT2D eigenvalue weighted by Crippen LogP contribution is 2.18. The molecule has 1 aliphatic rings. The van der Waals surface area contributed by atoms with E-state index in [1.54, 1.807) is 18.3 Å². The molecule has 116 valence electrons. The molecule has 1 aliphatic heterocycles. The van der Waals surface area contributed by atoms with Crippen molar-refractivity contribution in [2.24, 2.45) is 0 Å². The number of halogens is 1. The molecule has 1 fully saturated rings. The minimum Gasteiger partial charge on any atom is -0.311 e. The Bertz CT molecular complexity index is 673. The van der Waals surface area contributed by atoms with E-state index in [2.05, 4.69) is 30.8 Å². The number of pyridine rings is 1. The molecule has 3 N–H and O–H groups in total. The fourth-order valence-corrected chi connectivity index (χ4v) is 2.45. The van der Waals surface area contributed by atoms with E-state index in [9.17, 15) is 9.18 Å². The number of aryl methyl sites for hydroxylation is 1. The van der Waals surface area contributed by atoms with Gasteiger partial charge in [-0.2, -0.15) is 5.10 Å². The largest absolute Gasteiger partial charge is 0.311 e. The van der Waals surface area contributed by atoms with Crippen molar-refractivity contribution in [2.75, 3.05) is 11.9 Å². The predicted molar refractivity (Wildman–Crippen MR) is 78.9 cm³/mol. The van der Waals surface area contributed by atoms with E-state index in [1.165, 1.54) is 0 Å². The van der Waals surface area contributed by atoms with Crippen LogP contribution >= 0.6 is 0 Å². The molecule has 0 spiro atoms. The molecule has 2 atom stereocenters. The van der Waals surface area contributed by atoms with Gasteiger partial charge in [0.1, 0.15) is 17.8 Å². The van der Waals surface area contributed by atoms with Gasteiger partial charge in [0.05, 0.1) is 0 Å². The molecular weight excluding hydrogens is 287 g/mol. The zero-order chi connectivity index (χ0) is 15.5. The van der Waals surface area contributed by atoms with Crippen LogP contribution in [-0.4, -0.2) is 44.8 Å². The van der Waals surface area contributed by atoms with Gasteiger partial charge >= 0.3 is 0 Å². The van der Waals surface area contributed by atoms with Gasteiger partial charge in [-0.3, -0.25) is 9.89 Å². The molecule has 0 bridgehead atoms. The molecule has 3 heterocycles. The fraction of sp³-hybridized carbons (Fsp3) is 0.429. The average molecular weight is 304 g/mol. The third kappa shape index (κ3) is 3.45. The summed E-state index contributed by atoms with van der Waals surface area (Å²) in [6.45, 7) is 2.13. The molecular formula is C14H17FN6O. The van der Waals surface area contributed by atoms with E-state index in [1.807, 2.05) is 6.92 Å². The smallest absolute Gasteiger partial charge is 0.227 e. The number of H-pyrrole nitrogens is 1. The van der Waals surface area contributed by atoms with Crippen LogP contribution in [0.25, 0.3) is 11.4 Å². The van der Waals surface area contributed by atoms with Gasteiger partial charge in [0.15, 0.2) is 5.82 Å². The standard InChI is InChI=1S/C14H17FN6O/c1-8-18-14(21-20-8)9-2-3-16-12(4-9)19-13(22)6-11-5-10(15)7-17-11/h2-4,10-11,17H,5-7H2,1H3,(H,16,19,22)(H,18,20,21)/t10-,11-/m0/s1. The number of rotatable bonds is 4. The number of aromatic amines is 1. The van der Waals surface area contributed by atoms with Crippen molar-refractivity contribution in [1.29, 1.82) is 0 Å². The van der Waals surface area contributed by atoms with Gasteiger partial charge in [-0.1, -0.05) is 0 Å². The van der Waals surface area contributed by atoms with E-state index in [4.69, 9.17) is 0 Å². The number of anilines is 1. The lowest BCUT2D eigenvalue weighted by atomic mass is 10.1. The first kappa shape index (κ1) is 14.6. The van der Waals surface area contributed by atoms with Crippen molar-refractivity contribution >= 4 is 11.7 Å². The van der Waals surface area contributed by atoms with E-state index in [0.717, 1.165) is 5.56 Å². The lowest BCUT2D eigenvalue weighted by Crippen LogP contribution is -2.27. The van der Waals surface area contributed by atoms with Crippen molar-refractivity contribution in [3.63, 3.8) is 0 Å². The van der Waals surface area contributed by atoms with Crippen LogP contribution in [0.5, 0.6) is 0 Å². The minimum absolute atomic E-state index is 0.117. The lowest BCUT2D eigenvalue weighted by molar-refractivity contribution is -0.116. The predicted octanol–water partition coefficient (Wildman–Crippen LogP) is 1.20. The zero-order valence-electron chi connectivity index (χ0n) is 12.1. The molecule has 8 heteroatoms. The number of hydrogen-bond donors (Lipinski definition) is 3.